The Balaban J connectivity index is 2.17. The highest BCUT2D eigenvalue weighted by Crippen LogP contribution is 2.36. The maximum Gasteiger partial charge on any atom is 0.356 e. The summed E-state index contributed by atoms with van der Waals surface area (Å²) in [5.41, 5.74) is 1.25. The molecule has 0 fully saturated rings. The van der Waals surface area contributed by atoms with Gasteiger partial charge in [0.15, 0.2) is 5.69 Å². The Morgan fingerprint density at radius 1 is 1.52 bits per heavy atom. The van der Waals surface area contributed by atoms with Crippen LogP contribution in [0, 0.1) is 16.7 Å². The Labute approximate surface area is 138 Å². The van der Waals surface area contributed by atoms with E-state index >= 15 is 0 Å². The molecular weight excluding hydrogens is 310 g/mol. The lowest BCUT2D eigenvalue weighted by molar-refractivity contribution is 0.0667. The molecule has 6 nitrogen and oxygen atoms in total. The molecule has 23 heavy (non-hydrogen) atoms. The molecule has 1 aliphatic rings. The van der Waals surface area contributed by atoms with E-state index in [0.717, 1.165) is 17.3 Å². The number of nitrogens with zero attached hydrogens (tertiary/aromatic N) is 3. The van der Waals surface area contributed by atoms with Crippen LogP contribution in [0.25, 0.3) is 0 Å². The summed E-state index contributed by atoms with van der Waals surface area (Å²) < 4.78 is 7.35. The Hall–Kier alpha value is -1.65. The van der Waals surface area contributed by atoms with E-state index in [9.17, 15) is 15.2 Å². The van der Waals surface area contributed by atoms with Gasteiger partial charge in [-0.1, -0.05) is 19.6 Å². The Kier molecular flexibility index (Phi) is 4.97. The number of hydrogen-bond donors (Lipinski definition) is 1. The number of ether oxygens (including phenoxy) is 1. The molecule has 1 aromatic heterocycles. The van der Waals surface area contributed by atoms with Gasteiger partial charge in [0.1, 0.15) is 6.73 Å². The summed E-state index contributed by atoms with van der Waals surface area (Å²) in [7, 11) is -1.16. The molecule has 1 unspecified atom stereocenters. The molecule has 0 amide bonds. The summed E-state index contributed by atoms with van der Waals surface area (Å²) in [6, 6.07) is 3.40. The van der Waals surface area contributed by atoms with Crippen LogP contribution in [-0.2, 0) is 24.3 Å². The van der Waals surface area contributed by atoms with Crippen LogP contribution in [0.5, 0.6) is 0 Å². The second-order valence-electron chi connectivity index (χ2n) is 7.78. The van der Waals surface area contributed by atoms with Crippen molar-refractivity contribution in [3.05, 3.63) is 17.0 Å². The zero-order valence-corrected chi connectivity index (χ0v) is 15.3. The number of rotatable bonds is 6. The minimum Gasteiger partial charge on any atom is -0.476 e. The molecule has 1 aliphatic carbocycles. The third-order valence-electron chi connectivity index (χ3n) is 4.33. The molecule has 1 N–H and O–H groups in total. The number of carbonyl (C=O) groups is 1. The molecule has 126 valence electrons. The fourth-order valence-corrected chi connectivity index (χ4v) is 3.51. The quantitative estimate of drug-likeness (QED) is 0.638. The van der Waals surface area contributed by atoms with E-state index in [2.05, 4.69) is 30.8 Å². The molecule has 2 rings (SSSR count). The van der Waals surface area contributed by atoms with Crippen molar-refractivity contribution in [2.45, 2.75) is 58.6 Å². The van der Waals surface area contributed by atoms with Gasteiger partial charge in [-0.3, -0.25) is 0 Å². The standard InChI is InChI=1S/C16H25N3O3Si/c1-16(10-17)6-5-12-13(9-16)19(18-14(12)15(20)21)11-22-7-8-23(2,3)4/h5-9,11H2,1-4H3,(H,20,21). The summed E-state index contributed by atoms with van der Waals surface area (Å²) in [5.74, 6) is -1.01. The average Bonchev–Trinajstić information content (AvgIpc) is 2.80. The Morgan fingerprint density at radius 2 is 2.22 bits per heavy atom. The van der Waals surface area contributed by atoms with Gasteiger partial charge in [-0.05, 0) is 25.8 Å². The minimum atomic E-state index is -1.16. The number of carboxylic acid groups (broad SMARTS) is 1. The molecule has 0 saturated heterocycles. The van der Waals surface area contributed by atoms with Crippen LogP contribution in [0.2, 0.25) is 25.7 Å². The van der Waals surface area contributed by atoms with E-state index in [1.165, 1.54) is 0 Å². The Morgan fingerprint density at radius 3 is 2.78 bits per heavy atom. The highest BCUT2D eigenvalue weighted by molar-refractivity contribution is 6.76. The number of aromatic nitrogens is 2. The van der Waals surface area contributed by atoms with Gasteiger partial charge in [-0.15, -0.1) is 0 Å². The topological polar surface area (TPSA) is 88.1 Å². The lowest BCUT2D eigenvalue weighted by Gasteiger charge is -2.27. The smallest absolute Gasteiger partial charge is 0.356 e. The van der Waals surface area contributed by atoms with E-state index < -0.39 is 19.5 Å². The second kappa shape index (κ2) is 6.46. The van der Waals surface area contributed by atoms with Crippen LogP contribution in [0.15, 0.2) is 0 Å². The van der Waals surface area contributed by atoms with Crippen LogP contribution < -0.4 is 0 Å². The fraction of sp³-hybridized carbons (Fsp3) is 0.688. The van der Waals surface area contributed by atoms with Crippen molar-refractivity contribution in [2.24, 2.45) is 5.41 Å². The first-order valence-electron chi connectivity index (χ1n) is 7.96. The summed E-state index contributed by atoms with van der Waals surface area (Å²) in [5, 5.41) is 22.9. The molecule has 0 saturated carbocycles. The summed E-state index contributed by atoms with van der Waals surface area (Å²) in [6.07, 6.45) is 1.77. The number of carboxylic acids is 1. The van der Waals surface area contributed by atoms with Crippen molar-refractivity contribution in [2.75, 3.05) is 6.61 Å². The monoisotopic (exact) mass is 335 g/mol. The third kappa shape index (κ3) is 4.21. The van der Waals surface area contributed by atoms with E-state index in [-0.39, 0.29) is 12.4 Å². The molecule has 1 atom stereocenters. The summed E-state index contributed by atoms with van der Waals surface area (Å²) in [6.45, 7) is 9.68. The van der Waals surface area contributed by atoms with Crippen LogP contribution in [0.4, 0.5) is 0 Å². The number of hydrogen-bond acceptors (Lipinski definition) is 4. The molecule has 1 heterocycles. The first-order valence-corrected chi connectivity index (χ1v) is 11.7. The number of nitriles is 1. The van der Waals surface area contributed by atoms with E-state index in [1.807, 2.05) is 6.92 Å². The normalized spacial score (nSPS) is 20.8. The van der Waals surface area contributed by atoms with Crippen molar-refractivity contribution in [3.63, 3.8) is 0 Å². The molecule has 0 spiro atoms. The fourth-order valence-electron chi connectivity index (χ4n) is 2.76. The van der Waals surface area contributed by atoms with Crippen molar-refractivity contribution in [3.8, 4) is 6.07 Å². The summed E-state index contributed by atoms with van der Waals surface area (Å²) >= 11 is 0. The number of fused-ring (bicyclic) bond motifs is 1. The van der Waals surface area contributed by atoms with Gasteiger partial charge in [0.05, 0.1) is 11.5 Å². The lowest BCUT2D eigenvalue weighted by atomic mass is 9.76. The number of aromatic carboxylic acids is 1. The molecule has 1 aromatic rings. The largest absolute Gasteiger partial charge is 0.476 e. The first-order chi connectivity index (χ1) is 10.7. The van der Waals surface area contributed by atoms with E-state index in [0.29, 0.717) is 25.9 Å². The highest BCUT2D eigenvalue weighted by atomic mass is 28.3. The van der Waals surface area contributed by atoms with E-state index in [1.54, 1.807) is 4.68 Å². The van der Waals surface area contributed by atoms with Gasteiger partial charge < -0.3 is 9.84 Å². The van der Waals surface area contributed by atoms with Gasteiger partial charge in [-0.25, -0.2) is 9.48 Å². The maximum absolute atomic E-state index is 11.4. The molecule has 7 heteroatoms. The molecule has 0 aromatic carbocycles. The minimum absolute atomic E-state index is 0.105. The van der Waals surface area contributed by atoms with Gasteiger partial charge in [-0.2, -0.15) is 10.4 Å². The predicted molar refractivity (Wildman–Crippen MR) is 89.0 cm³/mol. The van der Waals surface area contributed by atoms with E-state index in [4.69, 9.17) is 4.74 Å². The Bertz CT molecular complexity index is 642. The third-order valence-corrected chi connectivity index (χ3v) is 6.04. The van der Waals surface area contributed by atoms with Crippen LogP contribution in [0.1, 0.15) is 35.1 Å². The maximum atomic E-state index is 11.4. The molecule has 0 radical (unpaired) electrons. The molecular formula is C16H25N3O3Si. The van der Waals surface area contributed by atoms with Gasteiger partial charge in [0, 0.05) is 32.4 Å². The SMILES string of the molecule is CC1(C#N)CCc2c(C(=O)O)nn(COCC[Si](C)(C)C)c2C1. The van der Waals surface area contributed by atoms with Crippen molar-refractivity contribution in [1.82, 2.24) is 9.78 Å². The zero-order valence-electron chi connectivity index (χ0n) is 14.3. The predicted octanol–water partition coefficient (Wildman–Crippen LogP) is 2.91. The zero-order chi connectivity index (χ0) is 17.3. The molecule has 0 aliphatic heterocycles. The van der Waals surface area contributed by atoms with Crippen molar-refractivity contribution >= 4 is 14.0 Å². The van der Waals surface area contributed by atoms with Crippen LogP contribution >= 0.6 is 0 Å². The average molecular weight is 335 g/mol. The highest BCUT2D eigenvalue weighted by Gasteiger charge is 2.35. The first kappa shape index (κ1) is 17.7. The van der Waals surface area contributed by atoms with Crippen LogP contribution in [-0.4, -0.2) is 35.5 Å². The van der Waals surface area contributed by atoms with Crippen LogP contribution in [0.3, 0.4) is 0 Å². The second-order valence-corrected chi connectivity index (χ2v) is 13.4. The lowest BCUT2D eigenvalue weighted by Crippen LogP contribution is -2.26. The van der Waals surface area contributed by atoms with Gasteiger partial charge in [0.25, 0.3) is 0 Å². The van der Waals surface area contributed by atoms with Crippen molar-refractivity contribution in [1.29, 1.82) is 5.26 Å². The van der Waals surface area contributed by atoms with Gasteiger partial charge >= 0.3 is 5.97 Å². The summed E-state index contributed by atoms with van der Waals surface area (Å²) in [4.78, 5) is 11.4. The molecule has 0 bridgehead atoms. The van der Waals surface area contributed by atoms with Crippen molar-refractivity contribution < 1.29 is 14.6 Å². The van der Waals surface area contributed by atoms with Gasteiger partial charge in [0.2, 0.25) is 0 Å².